The minimum Gasteiger partial charge on any atom is -0.393 e. The number of carbonyl (C=O) groups excluding carboxylic acids is 4. The van der Waals surface area contributed by atoms with E-state index in [2.05, 4.69) is 0 Å². The fourth-order valence-electron chi connectivity index (χ4n) is 4.77. The summed E-state index contributed by atoms with van der Waals surface area (Å²) < 4.78 is 9.53. The third kappa shape index (κ3) is 1.04. The molecule has 2 unspecified atom stereocenters. The first-order valence-corrected chi connectivity index (χ1v) is 6.56. The van der Waals surface area contributed by atoms with Crippen LogP contribution in [0.15, 0.2) is 11.6 Å². The lowest BCUT2D eigenvalue weighted by atomic mass is 9.46. The zero-order valence-corrected chi connectivity index (χ0v) is 10.9. The fourth-order valence-corrected chi connectivity index (χ4v) is 4.77. The largest absolute Gasteiger partial charge is 0.393 e. The maximum atomic E-state index is 12.0. The number of rotatable bonds is 0. The van der Waals surface area contributed by atoms with Gasteiger partial charge in [0.15, 0.2) is 0 Å². The summed E-state index contributed by atoms with van der Waals surface area (Å²) in [6, 6.07) is 0. The van der Waals surface area contributed by atoms with Crippen molar-refractivity contribution in [1.29, 1.82) is 0 Å². The molecule has 0 N–H and O–H groups in total. The normalized spacial score (nSPS) is 48.7. The topological polar surface area (TPSA) is 86.7 Å². The number of ether oxygens (including phenoxy) is 2. The average Bonchev–Trinajstić information content (AvgIpc) is 2.80. The Labute approximate surface area is 114 Å². The van der Waals surface area contributed by atoms with E-state index in [4.69, 9.17) is 9.47 Å². The average molecular weight is 276 g/mol. The summed E-state index contributed by atoms with van der Waals surface area (Å²) in [6.07, 6.45) is 1.85. The number of esters is 4. The number of hydrogen-bond donors (Lipinski definition) is 0. The van der Waals surface area contributed by atoms with Gasteiger partial charge in [0.05, 0.1) is 23.7 Å². The molecule has 0 aromatic rings. The van der Waals surface area contributed by atoms with Gasteiger partial charge < -0.3 is 9.47 Å². The SMILES string of the molecule is CC1=CC2(C)[C@H]3C(=O)OC(=O)[C@@H]3C1[C@@H]1C(=O)OC(=O)[C@@H]12. The number of hydrogen-bond acceptors (Lipinski definition) is 6. The van der Waals surface area contributed by atoms with E-state index in [9.17, 15) is 19.2 Å². The molecular formula is C14H12O6. The lowest BCUT2D eigenvalue weighted by Crippen LogP contribution is -2.57. The number of carbonyl (C=O) groups is 4. The molecule has 0 aromatic heterocycles. The van der Waals surface area contributed by atoms with E-state index in [1.54, 1.807) is 6.92 Å². The van der Waals surface area contributed by atoms with Gasteiger partial charge in [0.25, 0.3) is 0 Å². The van der Waals surface area contributed by atoms with Crippen LogP contribution in [0.4, 0.5) is 0 Å². The fraction of sp³-hybridized carbons (Fsp3) is 0.571. The molecule has 1 saturated carbocycles. The van der Waals surface area contributed by atoms with Crippen molar-refractivity contribution in [2.45, 2.75) is 13.8 Å². The number of allylic oxidation sites excluding steroid dienone is 2. The second-order valence-corrected chi connectivity index (χ2v) is 6.27. The van der Waals surface area contributed by atoms with Gasteiger partial charge in [-0.2, -0.15) is 0 Å². The molecule has 20 heavy (non-hydrogen) atoms. The summed E-state index contributed by atoms with van der Waals surface area (Å²) in [6.45, 7) is 3.56. The molecule has 2 heterocycles. The highest BCUT2D eigenvalue weighted by atomic mass is 16.6. The standard InChI is InChI=1S/C14H12O6/c1-4-3-14(2)8-6(10(15)19-12(8)17)5(4)7-9(14)13(18)20-11(7)16/h3,5-9H,1-2H3/t5?,6-,7+,8-,9-,14?/m1/s1. The van der Waals surface area contributed by atoms with Crippen LogP contribution in [0, 0.1) is 35.0 Å². The summed E-state index contributed by atoms with van der Waals surface area (Å²) in [5, 5.41) is 0. The van der Waals surface area contributed by atoms with Crippen LogP contribution >= 0.6 is 0 Å². The summed E-state index contributed by atoms with van der Waals surface area (Å²) in [7, 11) is 0. The lowest BCUT2D eigenvalue weighted by Gasteiger charge is -2.51. The van der Waals surface area contributed by atoms with Crippen LogP contribution in [0.5, 0.6) is 0 Å². The van der Waals surface area contributed by atoms with Crippen molar-refractivity contribution in [3.63, 3.8) is 0 Å². The Morgan fingerprint density at radius 2 is 1.30 bits per heavy atom. The van der Waals surface area contributed by atoms with Crippen molar-refractivity contribution < 1.29 is 28.7 Å². The van der Waals surface area contributed by atoms with Crippen LogP contribution in [0.25, 0.3) is 0 Å². The van der Waals surface area contributed by atoms with Crippen molar-refractivity contribution in [2.24, 2.45) is 35.0 Å². The molecule has 3 fully saturated rings. The van der Waals surface area contributed by atoms with Gasteiger partial charge in [-0.25, -0.2) is 0 Å². The Hall–Kier alpha value is -1.98. The first-order chi connectivity index (χ1) is 9.36. The first kappa shape index (κ1) is 11.8. The van der Waals surface area contributed by atoms with Gasteiger partial charge in [0, 0.05) is 11.3 Å². The minimum atomic E-state index is -0.888. The second-order valence-electron chi connectivity index (χ2n) is 6.27. The lowest BCUT2D eigenvalue weighted by molar-refractivity contribution is -0.154. The molecule has 0 spiro atoms. The van der Waals surface area contributed by atoms with E-state index in [-0.39, 0.29) is 0 Å². The number of cyclic esters (lactones) is 4. The zero-order valence-electron chi connectivity index (χ0n) is 10.9. The van der Waals surface area contributed by atoms with Gasteiger partial charge in [-0.15, -0.1) is 0 Å². The molecule has 2 aliphatic heterocycles. The van der Waals surface area contributed by atoms with E-state index in [1.807, 2.05) is 13.0 Å². The van der Waals surface area contributed by atoms with Crippen LogP contribution in [0.3, 0.4) is 0 Å². The Balaban J connectivity index is 1.98. The molecule has 3 aliphatic carbocycles. The van der Waals surface area contributed by atoms with Crippen LogP contribution in [0.1, 0.15) is 13.8 Å². The predicted molar refractivity (Wildman–Crippen MR) is 61.5 cm³/mol. The molecule has 6 nitrogen and oxygen atoms in total. The Morgan fingerprint density at radius 1 is 0.850 bits per heavy atom. The van der Waals surface area contributed by atoms with Crippen LogP contribution in [-0.4, -0.2) is 23.9 Å². The van der Waals surface area contributed by atoms with Gasteiger partial charge in [-0.05, 0) is 6.92 Å². The predicted octanol–water partition coefficient (Wildman–Crippen LogP) is 0.214. The van der Waals surface area contributed by atoms with E-state index in [0.29, 0.717) is 0 Å². The smallest absolute Gasteiger partial charge is 0.318 e. The van der Waals surface area contributed by atoms with E-state index >= 15 is 0 Å². The van der Waals surface area contributed by atoms with E-state index < -0.39 is 58.9 Å². The molecule has 2 bridgehead atoms. The van der Waals surface area contributed by atoms with Crippen molar-refractivity contribution in [1.82, 2.24) is 0 Å². The van der Waals surface area contributed by atoms with Gasteiger partial charge in [0.2, 0.25) is 0 Å². The van der Waals surface area contributed by atoms with Crippen LogP contribution < -0.4 is 0 Å². The zero-order chi connectivity index (χ0) is 14.4. The summed E-state index contributed by atoms with van der Waals surface area (Å²) in [5.41, 5.74) is -0.0333. The van der Waals surface area contributed by atoms with Gasteiger partial charge in [-0.1, -0.05) is 18.6 Å². The highest BCUT2D eigenvalue weighted by Crippen LogP contribution is 2.64. The molecule has 0 aromatic carbocycles. The molecule has 2 saturated heterocycles. The maximum Gasteiger partial charge on any atom is 0.318 e. The van der Waals surface area contributed by atoms with Crippen molar-refractivity contribution >= 4 is 23.9 Å². The van der Waals surface area contributed by atoms with Crippen LogP contribution in [-0.2, 0) is 28.7 Å². The molecule has 0 amide bonds. The molecule has 104 valence electrons. The third-order valence-electron chi connectivity index (χ3n) is 5.35. The maximum absolute atomic E-state index is 12.0. The molecule has 6 heteroatoms. The van der Waals surface area contributed by atoms with E-state index in [0.717, 1.165) is 5.57 Å². The monoisotopic (exact) mass is 276 g/mol. The Bertz CT molecular complexity index is 588. The third-order valence-corrected chi connectivity index (χ3v) is 5.35. The molecule has 0 radical (unpaired) electrons. The van der Waals surface area contributed by atoms with E-state index in [1.165, 1.54) is 0 Å². The quantitative estimate of drug-likeness (QED) is 0.357. The summed E-state index contributed by atoms with van der Waals surface area (Å²) >= 11 is 0. The van der Waals surface area contributed by atoms with Gasteiger partial charge in [-0.3, -0.25) is 19.2 Å². The first-order valence-electron chi connectivity index (χ1n) is 6.56. The summed E-state index contributed by atoms with van der Waals surface area (Å²) in [5.74, 6) is -5.56. The highest BCUT2D eigenvalue weighted by molar-refractivity contribution is 6.03. The van der Waals surface area contributed by atoms with Crippen molar-refractivity contribution in [3.05, 3.63) is 11.6 Å². The molecule has 6 atom stereocenters. The molecule has 5 aliphatic rings. The Morgan fingerprint density at radius 3 is 1.75 bits per heavy atom. The highest BCUT2D eigenvalue weighted by Gasteiger charge is 2.73. The minimum absolute atomic E-state index is 0.468. The van der Waals surface area contributed by atoms with Crippen molar-refractivity contribution in [2.75, 3.05) is 0 Å². The Kier molecular flexibility index (Phi) is 1.88. The molecular weight excluding hydrogens is 264 g/mol. The van der Waals surface area contributed by atoms with Gasteiger partial charge >= 0.3 is 23.9 Å². The van der Waals surface area contributed by atoms with Crippen LogP contribution in [0.2, 0.25) is 0 Å². The molecule has 5 rings (SSSR count). The van der Waals surface area contributed by atoms with Gasteiger partial charge in [0.1, 0.15) is 0 Å². The second kappa shape index (κ2) is 3.19. The van der Waals surface area contributed by atoms with Crippen molar-refractivity contribution in [3.8, 4) is 0 Å². The summed E-state index contributed by atoms with van der Waals surface area (Å²) in [4.78, 5) is 47.9.